The summed E-state index contributed by atoms with van der Waals surface area (Å²) in [4.78, 5) is 14.8. The van der Waals surface area contributed by atoms with Crippen molar-refractivity contribution in [2.24, 2.45) is 0 Å². The van der Waals surface area contributed by atoms with Crippen LogP contribution in [0, 0.1) is 13.8 Å². The van der Waals surface area contributed by atoms with E-state index in [2.05, 4.69) is 4.72 Å². The number of hydrogen-bond donors (Lipinski definition) is 1. The van der Waals surface area contributed by atoms with Crippen molar-refractivity contribution in [1.82, 2.24) is 9.62 Å². The molecule has 0 bridgehead atoms. The maximum atomic E-state index is 12.8. The lowest BCUT2D eigenvalue weighted by molar-refractivity contribution is 0.0711. The van der Waals surface area contributed by atoms with Crippen LogP contribution >= 0.6 is 0 Å². The highest BCUT2D eigenvalue weighted by atomic mass is 32.2. The molecule has 0 unspecified atom stereocenters. The Morgan fingerprint density at radius 1 is 1.04 bits per heavy atom. The fourth-order valence-electron chi connectivity index (χ4n) is 3.52. The van der Waals surface area contributed by atoms with Gasteiger partial charge in [0.25, 0.3) is 5.91 Å². The maximum absolute atomic E-state index is 12.8. The monoisotopic (exact) mass is 402 g/mol. The minimum absolute atomic E-state index is 0.00302. The molecule has 1 fully saturated rings. The molecule has 0 radical (unpaired) electrons. The highest BCUT2D eigenvalue weighted by Crippen LogP contribution is 2.20. The molecule has 7 heteroatoms. The van der Waals surface area contributed by atoms with Crippen LogP contribution in [0.1, 0.15) is 34.3 Å². The molecule has 3 rings (SSSR count). The lowest BCUT2D eigenvalue weighted by Gasteiger charge is -2.32. The van der Waals surface area contributed by atoms with Crippen molar-refractivity contribution in [3.63, 3.8) is 0 Å². The molecule has 0 saturated carbocycles. The van der Waals surface area contributed by atoms with Gasteiger partial charge in [0.05, 0.1) is 12.0 Å². The van der Waals surface area contributed by atoms with Crippen molar-refractivity contribution in [2.75, 3.05) is 20.2 Å². The summed E-state index contributed by atoms with van der Waals surface area (Å²) in [5, 5.41) is 0. The molecule has 1 aliphatic heterocycles. The van der Waals surface area contributed by atoms with Crippen molar-refractivity contribution in [1.29, 1.82) is 0 Å². The van der Waals surface area contributed by atoms with E-state index in [0.717, 1.165) is 11.1 Å². The molecule has 1 amide bonds. The van der Waals surface area contributed by atoms with E-state index in [1.54, 1.807) is 17.0 Å². The van der Waals surface area contributed by atoms with E-state index in [-0.39, 0.29) is 16.8 Å². The topological polar surface area (TPSA) is 75.7 Å². The fourth-order valence-corrected chi connectivity index (χ4v) is 4.83. The number of amides is 1. The first-order valence-electron chi connectivity index (χ1n) is 9.32. The van der Waals surface area contributed by atoms with Gasteiger partial charge in [0.15, 0.2) is 0 Å². The van der Waals surface area contributed by atoms with Crippen LogP contribution in [0.3, 0.4) is 0 Å². The van der Waals surface area contributed by atoms with E-state index >= 15 is 0 Å². The predicted octanol–water partition coefficient (Wildman–Crippen LogP) is 2.90. The zero-order chi connectivity index (χ0) is 20.3. The Bertz CT molecular complexity index is 927. The Balaban J connectivity index is 1.60. The van der Waals surface area contributed by atoms with Gasteiger partial charge in [-0.05, 0) is 63.1 Å². The average Bonchev–Trinajstić information content (AvgIpc) is 2.67. The average molecular weight is 403 g/mol. The van der Waals surface area contributed by atoms with Crippen molar-refractivity contribution >= 4 is 15.9 Å². The van der Waals surface area contributed by atoms with Gasteiger partial charge >= 0.3 is 0 Å². The number of sulfonamides is 1. The lowest BCUT2D eigenvalue weighted by atomic mass is 10.0. The van der Waals surface area contributed by atoms with Crippen molar-refractivity contribution < 1.29 is 17.9 Å². The van der Waals surface area contributed by atoms with Crippen molar-refractivity contribution in [3.05, 3.63) is 59.2 Å². The van der Waals surface area contributed by atoms with Crippen LogP contribution in [0.2, 0.25) is 0 Å². The Labute approximate surface area is 166 Å². The third-order valence-corrected chi connectivity index (χ3v) is 6.48. The first-order chi connectivity index (χ1) is 13.3. The highest BCUT2D eigenvalue weighted by molar-refractivity contribution is 7.89. The van der Waals surface area contributed by atoms with Crippen LogP contribution in [0.4, 0.5) is 0 Å². The zero-order valence-corrected chi connectivity index (χ0v) is 17.3. The summed E-state index contributed by atoms with van der Waals surface area (Å²) in [5.41, 5.74) is 2.81. The molecule has 0 aliphatic carbocycles. The maximum Gasteiger partial charge on any atom is 0.253 e. The number of likely N-dealkylation sites (tertiary alicyclic amines) is 1. The number of methoxy groups -OCH3 is 1. The lowest BCUT2D eigenvalue weighted by Crippen LogP contribution is -2.46. The largest absolute Gasteiger partial charge is 0.497 e. The Morgan fingerprint density at radius 3 is 2.14 bits per heavy atom. The van der Waals surface area contributed by atoms with Crippen molar-refractivity contribution in [2.45, 2.75) is 37.6 Å². The van der Waals surface area contributed by atoms with Gasteiger partial charge in [-0.1, -0.05) is 17.2 Å². The molecule has 1 heterocycles. The quantitative estimate of drug-likeness (QED) is 0.834. The molecule has 0 spiro atoms. The van der Waals surface area contributed by atoms with Gasteiger partial charge in [0.2, 0.25) is 10.0 Å². The summed E-state index contributed by atoms with van der Waals surface area (Å²) in [7, 11) is -2.06. The van der Waals surface area contributed by atoms with Crippen LogP contribution in [0.15, 0.2) is 47.4 Å². The second-order valence-corrected chi connectivity index (χ2v) is 8.95. The van der Waals surface area contributed by atoms with Crippen LogP contribution in [0.5, 0.6) is 5.75 Å². The van der Waals surface area contributed by atoms with Crippen LogP contribution in [-0.4, -0.2) is 45.5 Å². The standard InChI is InChI=1S/C21H26N2O4S/c1-15-12-16(2)14-17(13-15)21(24)23-10-8-18(9-11-23)22-28(25,26)20-6-4-19(27-3)5-7-20/h4-7,12-14,18,22H,8-11H2,1-3H3. The molecule has 6 nitrogen and oxygen atoms in total. The second kappa shape index (κ2) is 8.32. The summed E-state index contributed by atoms with van der Waals surface area (Å²) in [6, 6.07) is 12.0. The number of nitrogens with one attached hydrogen (secondary N) is 1. The Kier molecular flexibility index (Phi) is 6.05. The molecule has 28 heavy (non-hydrogen) atoms. The minimum atomic E-state index is -3.60. The van der Waals surface area contributed by atoms with Gasteiger partial charge in [-0.15, -0.1) is 0 Å². The molecule has 1 aliphatic rings. The smallest absolute Gasteiger partial charge is 0.253 e. The number of ether oxygens (including phenoxy) is 1. The van der Waals surface area contributed by atoms with Crippen LogP contribution in [-0.2, 0) is 10.0 Å². The molecule has 0 aromatic heterocycles. The fraction of sp³-hybridized carbons (Fsp3) is 0.381. The Morgan fingerprint density at radius 2 is 1.61 bits per heavy atom. The van der Waals surface area contributed by atoms with Crippen LogP contribution < -0.4 is 9.46 Å². The minimum Gasteiger partial charge on any atom is -0.497 e. The summed E-state index contributed by atoms with van der Waals surface area (Å²) in [5.74, 6) is 0.611. The first-order valence-corrected chi connectivity index (χ1v) is 10.8. The van der Waals surface area contributed by atoms with Gasteiger partial charge in [-0.3, -0.25) is 4.79 Å². The van der Waals surface area contributed by atoms with Crippen LogP contribution in [0.25, 0.3) is 0 Å². The molecule has 1 N–H and O–H groups in total. The number of carbonyl (C=O) groups is 1. The van der Waals surface area contributed by atoms with Gasteiger partial charge in [0, 0.05) is 24.7 Å². The number of rotatable bonds is 5. The molecular weight excluding hydrogens is 376 g/mol. The zero-order valence-electron chi connectivity index (χ0n) is 16.4. The molecule has 2 aromatic carbocycles. The molecule has 150 valence electrons. The summed E-state index contributed by atoms with van der Waals surface area (Å²) in [6.45, 7) is 5.01. The van der Waals surface area contributed by atoms with Gasteiger partial charge in [-0.25, -0.2) is 13.1 Å². The first kappa shape index (κ1) is 20.4. The SMILES string of the molecule is COc1ccc(S(=O)(=O)NC2CCN(C(=O)c3cc(C)cc(C)c3)CC2)cc1. The van der Waals surface area contributed by atoms with E-state index in [0.29, 0.717) is 37.2 Å². The van der Waals surface area contributed by atoms with E-state index < -0.39 is 10.0 Å². The van der Waals surface area contributed by atoms with Crippen molar-refractivity contribution in [3.8, 4) is 5.75 Å². The third kappa shape index (κ3) is 4.72. The second-order valence-electron chi connectivity index (χ2n) is 7.24. The van der Waals surface area contributed by atoms with E-state index in [9.17, 15) is 13.2 Å². The highest BCUT2D eigenvalue weighted by Gasteiger charge is 2.27. The summed E-state index contributed by atoms with van der Waals surface area (Å²) in [6.07, 6.45) is 1.18. The molecule has 1 saturated heterocycles. The van der Waals surface area contributed by atoms with E-state index in [1.165, 1.54) is 19.2 Å². The van der Waals surface area contributed by atoms with Gasteiger partial charge in [-0.2, -0.15) is 0 Å². The van der Waals surface area contributed by atoms with Gasteiger partial charge in [0.1, 0.15) is 5.75 Å². The number of nitrogens with zero attached hydrogens (tertiary/aromatic N) is 1. The molecule has 2 aromatic rings. The molecule has 0 atom stereocenters. The third-order valence-electron chi connectivity index (χ3n) is 4.94. The number of carbonyl (C=O) groups excluding carboxylic acids is 1. The van der Waals surface area contributed by atoms with E-state index in [1.807, 2.05) is 32.0 Å². The number of hydrogen-bond acceptors (Lipinski definition) is 4. The summed E-state index contributed by atoms with van der Waals surface area (Å²) >= 11 is 0. The predicted molar refractivity (Wildman–Crippen MR) is 108 cm³/mol. The van der Waals surface area contributed by atoms with E-state index in [4.69, 9.17) is 4.74 Å². The summed E-state index contributed by atoms with van der Waals surface area (Å²) < 4.78 is 33.0. The number of benzene rings is 2. The number of piperidine rings is 1. The van der Waals surface area contributed by atoms with Gasteiger partial charge < -0.3 is 9.64 Å². The number of aryl methyl sites for hydroxylation is 2. The Hall–Kier alpha value is -2.38. The molecular formula is C21H26N2O4S. The normalized spacial score (nSPS) is 15.5.